The summed E-state index contributed by atoms with van der Waals surface area (Å²) >= 11 is 0. The Hall–Kier alpha value is -3.46. The Morgan fingerprint density at radius 1 is 1.15 bits per heavy atom. The summed E-state index contributed by atoms with van der Waals surface area (Å²) in [6.45, 7) is 0. The molecule has 0 radical (unpaired) electrons. The first-order chi connectivity index (χ1) is 16.1. The van der Waals surface area contributed by atoms with Crippen molar-refractivity contribution < 1.29 is 14.2 Å². The van der Waals surface area contributed by atoms with Crippen LogP contribution in [0.4, 0.5) is 22.0 Å². The van der Waals surface area contributed by atoms with Crippen LogP contribution in [0.5, 0.6) is 0 Å². The maximum Gasteiger partial charge on any atom is 0.225 e. The van der Waals surface area contributed by atoms with Gasteiger partial charge in [0.25, 0.3) is 0 Å². The first-order valence-electron chi connectivity index (χ1n) is 11.2. The number of fused-ring (bicyclic) bond motifs is 1. The van der Waals surface area contributed by atoms with Gasteiger partial charge in [0, 0.05) is 6.04 Å². The van der Waals surface area contributed by atoms with Crippen molar-refractivity contribution in [1.82, 2.24) is 19.5 Å². The van der Waals surface area contributed by atoms with Gasteiger partial charge in [-0.3, -0.25) is 4.57 Å². The number of hydrogen-bond acceptors (Lipinski definition) is 7. The smallest absolute Gasteiger partial charge is 0.225 e. The molecule has 2 aromatic heterocycles. The van der Waals surface area contributed by atoms with Crippen molar-refractivity contribution in [3.63, 3.8) is 0 Å². The monoisotopic (exact) mass is 450 g/mol. The molecule has 3 N–H and O–H groups in total. The van der Waals surface area contributed by atoms with Crippen LogP contribution in [0.2, 0.25) is 0 Å². The number of nitrogens with zero attached hydrogens (tertiary/aromatic N) is 4. The normalized spacial score (nSPS) is 22.8. The summed E-state index contributed by atoms with van der Waals surface area (Å²) in [7, 11) is 1.65. The van der Waals surface area contributed by atoms with Gasteiger partial charge in [-0.25, -0.2) is 14.4 Å². The predicted molar refractivity (Wildman–Crippen MR) is 125 cm³/mol. The molecule has 0 amide bonds. The summed E-state index contributed by atoms with van der Waals surface area (Å²) in [5, 5.41) is 16.5. The first kappa shape index (κ1) is 21.4. The number of methoxy groups -OCH3 is 1. The molecule has 2 aliphatic rings. The molecule has 1 aromatic carbocycles. The summed E-state index contributed by atoms with van der Waals surface area (Å²) in [4.78, 5) is 13.9. The maximum atomic E-state index is 14.3. The Labute approximate surface area is 191 Å². The van der Waals surface area contributed by atoms with E-state index >= 15 is 0 Å². The van der Waals surface area contributed by atoms with E-state index in [9.17, 15) is 9.50 Å². The number of aliphatic hydroxyl groups is 1. The molecular formula is C24H27FN6O2. The Balaban J connectivity index is 1.49. The molecule has 8 nitrogen and oxygen atoms in total. The lowest BCUT2D eigenvalue weighted by Gasteiger charge is -2.28. The fraction of sp³-hybridized carbons (Fsp3) is 0.375. The Morgan fingerprint density at radius 3 is 2.70 bits per heavy atom. The lowest BCUT2D eigenvalue weighted by Crippen LogP contribution is -2.23. The molecule has 1 fully saturated rings. The van der Waals surface area contributed by atoms with Crippen molar-refractivity contribution in [2.45, 2.75) is 50.3 Å². The van der Waals surface area contributed by atoms with Crippen molar-refractivity contribution in [3.8, 4) is 0 Å². The fourth-order valence-corrected chi connectivity index (χ4v) is 4.42. The van der Waals surface area contributed by atoms with Gasteiger partial charge in [0.1, 0.15) is 17.1 Å². The van der Waals surface area contributed by atoms with E-state index in [1.165, 1.54) is 6.07 Å². The topological polar surface area (TPSA) is 97.1 Å². The van der Waals surface area contributed by atoms with Crippen LogP contribution in [0.25, 0.3) is 11.2 Å². The van der Waals surface area contributed by atoms with Gasteiger partial charge >= 0.3 is 0 Å². The minimum absolute atomic E-state index is 0.0542. The van der Waals surface area contributed by atoms with E-state index in [1.807, 2.05) is 22.8 Å². The number of allylic oxidation sites excluding steroid dienone is 1. The van der Waals surface area contributed by atoms with Gasteiger partial charge in [-0.2, -0.15) is 4.98 Å². The molecule has 172 valence electrons. The van der Waals surface area contributed by atoms with E-state index in [0.717, 1.165) is 25.0 Å². The molecule has 9 heteroatoms. The zero-order valence-corrected chi connectivity index (χ0v) is 18.4. The third-order valence-corrected chi connectivity index (χ3v) is 6.20. The van der Waals surface area contributed by atoms with Crippen LogP contribution in [0.1, 0.15) is 38.1 Å². The number of hydrogen-bond donors (Lipinski definition) is 3. The molecule has 0 aliphatic heterocycles. The van der Waals surface area contributed by atoms with Crippen molar-refractivity contribution in [3.05, 3.63) is 60.3 Å². The number of ether oxygens (including phenoxy) is 1. The predicted octanol–water partition coefficient (Wildman–Crippen LogP) is 4.46. The highest BCUT2D eigenvalue weighted by Crippen LogP contribution is 2.35. The number of imidazole rings is 1. The zero-order valence-electron chi connectivity index (χ0n) is 18.4. The minimum Gasteiger partial charge on any atom is -0.497 e. The van der Waals surface area contributed by atoms with Crippen molar-refractivity contribution in [2.24, 2.45) is 0 Å². The second-order valence-electron chi connectivity index (χ2n) is 8.43. The Kier molecular flexibility index (Phi) is 5.95. The van der Waals surface area contributed by atoms with Crippen LogP contribution >= 0.6 is 0 Å². The van der Waals surface area contributed by atoms with Crippen molar-refractivity contribution in [1.29, 1.82) is 0 Å². The largest absolute Gasteiger partial charge is 0.497 e. The van der Waals surface area contributed by atoms with Gasteiger partial charge in [-0.15, -0.1) is 0 Å². The number of aromatic nitrogens is 4. The van der Waals surface area contributed by atoms with Gasteiger partial charge in [0.05, 0.1) is 31.1 Å². The van der Waals surface area contributed by atoms with Crippen LogP contribution < -0.4 is 10.6 Å². The molecule has 1 saturated carbocycles. The van der Waals surface area contributed by atoms with E-state index in [0.29, 0.717) is 41.6 Å². The molecule has 2 heterocycles. The highest BCUT2D eigenvalue weighted by Gasteiger charge is 2.26. The third-order valence-electron chi connectivity index (χ3n) is 6.20. The molecule has 1 atom stereocenters. The quantitative estimate of drug-likeness (QED) is 0.510. The molecule has 33 heavy (non-hydrogen) atoms. The molecule has 5 rings (SSSR count). The highest BCUT2D eigenvalue weighted by molar-refractivity contribution is 5.76. The SMILES string of the molecule is COC1=CCC(Nc2ncc3nc(Nc4ccccc4F)n([C@H]4CC[C@@H](O)CC4)c3n2)C=C1. The zero-order chi connectivity index (χ0) is 22.8. The molecule has 2 aliphatic carbocycles. The van der Waals surface area contributed by atoms with E-state index < -0.39 is 0 Å². The van der Waals surface area contributed by atoms with Gasteiger partial charge < -0.3 is 20.5 Å². The number of aliphatic hydroxyl groups excluding tert-OH is 1. The van der Waals surface area contributed by atoms with Crippen molar-refractivity contribution >= 4 is 28.7 Å². The molecule has 1 unspecified atom stereocenters. The average Bonchev–Trinajstić information content (AvgIpc) is 3.19. The second kappa shape index (κ2) is 9.19. The number of nitrogens with one attached hydrogen (secondary N) is 2. The van der Waals surface area contributed by atoms with Crippen LogP contribution in [0.15, 0.2) is 54.4 Å². The summed E-state index contributed by atoms with van der Waals surface area (Å²) in [6.07, 6.45) is 11.1. The molecule has 0 spiro atoms. The first-order valence-corrected chi connectivity index (χ1v) is 11.2. The lowest BCUT2D eigenvalue weighted by atomic mass is 9.93. The molecular weight excluding hydrogens is 423 g/mol. The summed E-state index contributed by atoms with van der Waals surface area (Å²) in [6, 6.07) is 6.67. The van der Waals surface area contributed by atoms with Crippen molar-refractivity contribution in [2.75, 3.05) is 17.7 Å². The Bertz CT molecular complexity index is 1200. The number of para-hydroxylation sites is 1. The standard InChI is InChI=1S/C24H27FN6O2/c1-33-18-12-6-15(7-13-18)27-23-26-14-21-22(30-23)31(16-8-10-17(32)11-9-16)24(29-21)28-20-5-3-2-4-19(20)25/h2-6,12-17,32H,7-11H2,1H3,(H,28,29)(H,26,27,30)/t15?,16-,17+. The number of benzene rings is 1. The lowest BCUT2D eigenvalue weighted by molar-refractivity contribution is 0.112. The van der Waals surface area contributed by atoms with Gasteiger partial charge in [0.15, 0.2) is 5.65 Å². The van der Waals surface area contributed by atoms with Crippen LogP contribution in [0.3, 0.4) is 0 Å². The van der Waals surface area contributed by atoms with E-state index in [-0.39, 0.29) is 24.0 Å². The van der Waals surface area contributed by atoms with Crippen LogP contribution in [-0.2, 0) is 4.74 Å². The molecule has 0 saturated heterocycles. The third kappa shape index (κ3) is 4.54. The summed E-state index contributed by atoms with van der Waals surface area (Å²) < 4.78 is 21.6. The van der Waals surface area contributed by atoms with Gasteiger partial charge in [-0.05, 0) is 56.4 Å². The molecule has 0 bridgehead atoms. The summed E-state index contributed by atoms with van der Waals surface area (Å²) in [5.41, 5.74) is 1.66. The Morgan fingerprint density at radius 2 is 1.97 bits per heavy atom. The number of rotatable bonds is 6. The number of anilines is 3. The molecule has 3 aromatic rings. The van der Waals surface area contributed by atoms with E-state index in [2.05, 4.69) is 20.6 Å². The second-order valence-corrected chi connectivity index (χ2v) is 8.43. The van der Waals surface area contributed by atoms with Crippen LogP contribution in [-0.4, -0.2) is 43.9 Å². The highest BCUT2D eigenvalue weighted by atomic mass is 19.1. The van der Waals surface area contributed by atoms with E-state index in [1.54, 1.807) is 31.5 Å². The maximum absolute atomic E-state index is 14.3. The minimum atomic E-state index is -0.351. The van der Waals surface area contributed by atoms with Gasteiger partial charge in [0.2, 0.25) is 11.9 Å². The fourth-order valence-electron chi connectivity index (χ4n) is 4.42. The van der Waals surface area contributed by atoms with Crippen LogP contribution in [0, 0.1) is 5.82 Å². The number of halogens is 1. The summed E-state index contributed by atoms with van der Waals surface area (Å²) in [5.74, 6) is 1.51. The average molecular weight is 451 g/mol. The van der Waals surface area contributed by atoms with E-state index in [4.69, 9.17) is 9.72 Å². The van der Waals surface area contributed by atoms with Gasteiger partial charge in [-0.1, -0.05) is 18.2 Å².